The molecule has 6 heteroatoms. The third kappa shape index (κ3) is 7.87. The van der Waals surface area contributed by atoms with Crippen molar-refractivity contribution in [1.29, 1.82) is 0 Å². The highest BCUT2D eigenvalue weighted by atomic mass is 16.5. The number of para-hydroxylation sites is 1. The molecular formula is C30H36N2O4. The summed E-state index contributed by atoms with van der Waals surface area (Å²) in [5, 5.41) is 3.03. The van der Waals surface area contributed by atoms with E-state index in [1.54, 1.807) is 12.0 Å². The van der Waals surface area contributed by atoms with Crippen LogP contribution in [-0.4, -0.2) is 43.0 Å². The first-order valence-corrected chi connectivity index (χ1v) is 12.3. The molecule has 0 heterocycles. The zero-order chi connectivity index (χ0) is 25.9. The Labute approximate surface area is 214 Å². The van der Waals surface area contributed by atoms with Crippen molar-refractivity contribution >= 4 is 11.8 Å². The maximum atomic E-state index is 13.7. The minimum Gasteiger partial charge on any atom is -0.497 e. The average molecular weight is 489 g/mol. The topological polar surface area (TPSA) is 67.9 Å². The van der Waals surface area contributed by atoms with Gasteiger partial charge in [-0.15, -0.1) is 0 Å². The van der Waals surface area contributed by atoms with Gasteiger partial charge in [-0.1, -0.05) is 74.5 Å². The maximum Gasteiger partial charge on any atom is 0.261 e. The average Bonchev–Trinajstić information content (AvgIpc) is 2.89. The lowest BCUT2D eigenvalue weighted by Crippen LogP contribution is -2.52. The number of nitrogens with zero attached hydrogens (tertiary/aromatic N) is 1. The smallest absolute Gasteiger partial charge is 0.261 e. The molecule has 0 aliphatic carbocycles. The van der Waals surface area contributed by atoms with Gasteiger partial charge in [0, 0.05) is 19.5 Å². The number of nitrogens with one attached hydrogen (secondary N) is 1. The minimum atomic E-state index is -0.703. The fourth-order valence-electron chi connectivity index (χ4n) is 3.88. The molecule has 3 rings (SSSR count). The van der Waals surface area contributed by atoms with Crippen molar-refractivity contribution in [3.8, 4) is 11.5 Å². The van der Waals surface area contributed by atoms with Crippen molar-refractivity contribution in [3.05, 3.63) is 95.6 Å². The van der Waals surface area contributed by atoms with Crippen LogP contribution in [0.5, 0.6) is 11.5 Å². The number of hydrogen-bond donors (Lipinski definition) is 1. The van der Waals surface area contributed by atoms with Crippen LogP contribution in [0.1, 0.15) is 30.5 Å². The van der Waals surface area contributed by atoms with Crippen LogP contribution in [0.3, 0.4) is 0 Å². The predicted octanol–water partition coefficient (Wildman–Crippen LogP) is 4.79. The number of aryl methyl sites for hydroxylation is 1. The second-order valence-corrected chi connectivity index (χ2v) is 9.27. The molecule has 3 aromatic rings. The molecule has 0 saturated carbocycles. The Balaban J connectivity index is 1.92. The van der Waals surface area contributed by atoms with Crippen LogP contribution in [0.2, 0.25) is 0 Å². The number of methoxy groups -OCH3 is 1. The largest absolute Gasteiger partial charge is 0.497 e. The molecule has 3 aromatic carbocycles. The number of rotatable bonds is 12. The highest BCUT2D eigenvalue weighted by molar-refractivity contribution is 5.88. The molecule has 0 fully saturated rings. The molecule has 0 aliphatic heterocycles. The van der Waals surface area contributed by atoms with Crippen LogP contribution < -0.4 is 14.8 Å². The number of carbonyl (C=O) groups is 2. The molecule has 0 bridgehead atoms. The van der Waals surface area contributed by atoms with Gasteiger partial charge in [0.25, 0.3) is 5.91 Å². The molecule has 0 unspecified atom stereocenters. The minimum absolute atomic E-state index is 0.169. The van der Waals surface area contributed by atoms with Crippen molar-refractivity contribution in [1.82, 2.24) is 10.2 Å². The second kappa shape index (κ2) is 13.3. The molecule has 0 aromatic heterocycles. The summed E-state index contributed by atoms with van der Waals surface area (Å²) in [5.74, 6) is 1.19. The van der Waals surface area contributed by atoms with Gasteiger partial charge in [0.1, 0.15) is 17.5 Å². The Kier molecular flexibility index (Phi) is 9.92. The first kappa shape index (κ1) is 26.8. The molecular weight excluding hydrogens is 452 g/mol. The van der Waals surface area contributed by atoms with Gasteiger partial charge in [-0.25, -0.2) is 0 Å². The van der Waals surface area contributed by atoms with Crippen molar-refractivity contribution in [2.75, 3.05) is 20.3 Å². The van der Waals surface area contributed by atoms with Crippen LogP contribution in [-0.2, 0) is 22.6 Å². The molecule has 0 saturated heterocycles. The number of ether oxygens (including phenoxy) is 2. The van der Waals surface area contributed by atoms with Gasteiger partial charge in [-0.3, -0.25) is 9.59 Å². The predicted molar refractivity (Wildman–Crippen MR) is 142 cm³/mol. The van der Waals surface area contributed by atoms with E-state index in [0.29, 0.717) is 30.4 Å². The summed E-state index contributed by atoms with van der Waals surface area (Å²) in [7, 11) is 1.61. The molecule has 190 valence electrons. The SMILES string of the molecule is COc1cccc(CN(C(=O)COc2ccccc2C)[C@@H](Cc2ccccc2)C(=O)NCC(C)C)c1. The number of carbonyl (C=O) groups excluding carboxylic acids is 2. The van der Waals surface area contributed by atoms with E-state index in [1.165, 1.54) is 0 Å². The zero-order valence-corrected chi connectivity index (χ0v) is 21.6. The summed E-state index contributed by atoms with van der Waals surface area (Å²) >= 11 is 0. The van der Waals surface area contributed by atoms with Crippen molar-refractivity contribution in [2.24, 2.45) is 5.92 Å². The Morgan fingerprint density at radius 2 is 1.61 bits per heavy atom. The second-order valence-electron chi connectivity index (χ2n) is 9.27. The van der Waals surface area contributed by atoms with E-state index in [1.807, 2.05) is 99.6 Å². The summed E-state index contributed by atoms with van der Waals surface area (Å²) < 4.78 is 11.3. The lowest BCUT2D eigenvalue weighted by Gasteiger charge is -2.32. The molecule has 2 amide bonds. The van der Waals surface area contributed by atoms with E-state index in [4.69, 9.17) is 9.47 Å². The van der Waals surface area contributed by atoms with E-state index >= 15 is 0 Å². The number of amides is 2. The van der Waals surface area contributed by atoms with Gasteiger partial charge in [-0.05, 0) is 47.7 Å². The van der Waals surface area contributed by atoms with Crippen LogP contribution in [0, 0.1) is 12.8 Å². The fraction of sp³-hybridized carbons (Fsp3) is 0.333. The first-order valence-electron chi connectivity index (χ1n) is 12.3. The lowest BCUT2D eigenvalue weighted by molar-refractivity contribution is -0.142. The normalized spacial score (nSPS) is 11.6. The standard InChI is InChI=1S/C30H36N2O4/c1-22(2)19-31-30(34)27(18-24-12-6-5-7-13-24)32(20-25-14-10-15-26(17-25)35-4)29(33)21-36-28-16-9-8-11-23(28)3/h5-17,22,27H,18-21H2,1-4H3,(H,31,34)/t27-/m0/s1. The van der Waals surface area contributed by atoms with Crippen LogP contribution >= 0.6 is 0 Å². The highest BCUT2D eigenvalue weighted by Crippen LogP contribution is 2.20. The van der Waals surface area contributed by atoms with Gasteiger partial charge in [-0.2, -0.15) is 0 Å². The van der Waals surface area contributed by atoms with E-state index in [0.717, 1.165) is 16.7 Å². The summed E-state index contributed by atoms with van der Waals surface area (Å²) in [6, 6.07) is 24.2. The molecule has 6 nitrogen and oxygen atoms in total. The van der Waals surface area contributed by atoms with Crippen molar-refractivity contribution in [2.45, 2.75) is 39.8 Å². The van der Waals surface area contributed by atoms with Crippen molar-refractivity contribution < 1.29 is 19.1 Å². The van der Waals surface area contributed by atoms with Gasteiger partial charge >= 0.3 is 0 Å². The Morgan fingerprint density at radius 3 is 2.31 bits per heavy atom. The summed E-state index contributed by atoms with van der Waals surface area (Å²) in [4.78, 5) is 28.7. The van der Waals surface area contributed by atoms with Crippen molar-refractivity contribution in [3.63, 3.8) is 0 Å². The van der Waals surface area contributed by atoms with E-state index in [2.05, 4.69) is 5.32 Å². The Bertz CT molecular complexity index is 1130. The highest BCUT2D eigenvalue weighted by Gasteiger charge is 2.31. The summed E-state index contributed by atoms with van der Waals surface area (Å²) in [6.45, 7) is 6.64. The van der Waals surface area contributed by atoms with Gasteiger partial charge < -0.3 is 19.7 Å². The van der Waals surface area contributed by atoms with Crippen LogP contribution in [0.15, 0.2) is 78.9 Å². The van der Waals surface area contributed by atoms with E-state index in [9.17, 15) is 9.59 Å². The molecule has 1 atom stereocenters. The number of hydrogen-bond acceptors (Lipinski definition) is 4. The Hall–Kier alpha value is -3.80. The van der Waals surface area contributed by atoms with E-state index < -0.39 is 6.04 Å². The zero-order valence-electron chi connectivity index (χ0n) is 21.6. The molecule has 0 radical (unpaired) electrons. The fourth-order valence-corrected chi connectivity index (χ4v) is 3.88. The molecule has 36 heavy (non-hydrogen) atoms. The number of benzene rings is 3. The molecule has 0 aliphatic rings. The van der Waals surface area contributed by atoms with Gasteiger partial charge in [0.2, 0.25) is 5.91 Å². The summed E-state index contributed by atoms with van der Waals surface area (Å²) in [6.07, 6.45) is 0.394. The third-order valence-electron chi connectivity index (χ3n) is 5.89. The summed E-state index contributed by atoms with van der Waals surface area (Å²) in [5.41, 5.74) is 2.79. The molecule has 1 N–H and O–H groups in total. The Morgan fingerprint density at radius 1 is 0.917 bits per heavy atom. The van der Waals surface area contributed by atoms with Crippen LogP contribution in [0.25, 0.3) is 0 Å². The maximum absolute atomic E-state index is 13.7. The third-order valence-corrected chi connectivity index (χ3v) is 5.89. The van der Waals surface area contributed by atoms with Gasteiger partial charge in [0.15, 0.2) is 6.61 Å². The van der Waals surface area contributed by atoms with Crippen LogP contribution in [0.4, 0.5) is 0 Å². The first-order chi connectivity index (χ1) is 17.4. The monoisotopic (exact) mass is 488 g/mol. The van der Waals surface area contributed by atoms with Gasteiger partial charge in [0.05, 0.1) is 7.11 Å². The molecule has 0 spiro atoms. The quantitative estimate of drug-likeness (QED) is 0.398. The lowest BCUT2D eigenvalue weighted by atomic mass is 10.0. The van der Waals surface area contributed by atoms with E-state index in [-0.39, 0.29) is 25.0 Å².